The Labute approximate surface area is 142 Å². The van der Waals surface area contributed by atoms with Crippen molar-refractivity contribution in [2.45, 2.75) is 51.1 Å². The van der Waals surface area contributed by atoms with Gasteiger partial charge in [0, 0.05) is 30.0 Å². The number of aromatic nitrogens is 2. The summed E-state index contributed by atoms with van der Waals surface area (Å²) in [6, 6.07) is 8.54. The summed E-state index contributed by atoms with van der Waals surface area (Å²) < 4.78 is 0. The Kier molecular flexibility index (Phi) is 3.34. The van der Waals surface area contributed by atoms with Gasteiger partial charge in [-0.1, -0.05) is 6.07 Å². The molecule has 0 saturated heterocycles. The van der Waals surface area contributed by atoms with Gasteiger partial charge in [-0.05, 0) is 57.4 Å². The second-order valence-corrected chi connectivity index (χ2v) is 7.36. The SMILES string of the molecule is Cc1ccnc(NC2CC(N3C(=O)C(C)(C)c4cccnc43)C2)c1. The summed E-state index contributed by atoms with van der Waals surface area (Å²) in [5.74, 6) is 1.91. The van der Waals surface area contributed by atoms with Crippen LogP contribution in [-0.4, -0.2) is 28.0 Å². The molecule has 0 radical (unpaired) electrons. The van der Waals surface area contributed by atoms with Crippen molar-refractivity contribution in [2.75, 3.05) is 10.2 Å². The van der Waals surface area contributed by atoms with Crippen LogP contribution in [0.1, 0.15) is 37.8 Å². The van der Waals surface area contributed by atoms with E-state index < -0.39 is 5.41 Å². The molecule has 5 nitrogen and oxygen atoms in total. The minimum absolute atomic E-state index is 0.160. The van der Waals surface area contributed by atoms with Crippen molar-refractivity contribution in [2.24, 2.45) is 0 Å². The lowest BCUT2D eigenvalue weighted by Crippen LogP contribution is -2.53. The molecular weight excluding hydrogens is 300 g/mol. The summed E-state index contributed by atoms with van der Waals surface area (Å²) >= 11 is 0. The normalized spacial score (nSPS) is 24.5. The van der Waals surface area contributed by atoms with E-state index in [1.807, 2.05) is 49.2 Å². The molecule has 2 aliphatic rings. The van der Waals surface area contributed by atoms with E-state index in [1.165, 1.54) is 5.56 Å². The fraction of sp³-hybridized carbons (Fsp3) is 0.421. The molecular formula is C19H22N4O. The number of hydrogen-bond acceptors (Lipinski definition) is 4. The Bertz CT molecular complexity index is 795. The third kappa shape index (κ3) is 2.27. The average Bonchev–Trinajstić information content (AvgIpc) is 2.71. The quantitative estimate of drug-likeness (QED) is 0.943. The lowest BCUT2D eigenvalue weighted by Gasteiger charge is -2.41. The Balaban J connectivity index is 1.48. The van der Waals surface area contributed by atoms with Crippen molar-refractivity contribution in [1.82, 2.24) is 9.97 Å². The van der Waals surface area contributed by atoms with E-state index >= 15 is 0 Å². The molecule has 24 heavy (non-hydrogen) atoms. The Morgan fingerprint density at radius 3 is 2.75 bits per heavy atom. The Hall–Kier alpha value is -2.43. The van der Waals surface area contributed by atoms with E-state index in [0.29, 0.717) is 6.04 Å². The molecule has 0 bridgehead atoms. The van der Waals surface area contributed by atoms with E-state index in [0.717, 1.165) is 30.0 Å². The first-order chi connectivity index (χ1) is 11.5. The van der Waals surface area contributed by atoms with E-state index in [4.69, 9.17) is 0 Å². The zero-order valence-electron chi connectivity index (χ0n) is 14.3. The summed E-state index contributed by atoms with van der Waals surface area (Å²) in [5.41, 5.74) is 1.74. The molecule has 5 heteroatoms. The highest BCUT2D eigenvalue weighted by Crippen LogP contribution is 2.44. The van der Waals surface area contributed by atoms with E-state index in [2.05, 4.69) is 22.2 Å². The van der Waals surface area contributed by atoms with Crippen molar-refractivity contribution in [3.8, 4) is 0 Å². The molecule has 124 valence electrons. The van der Waals surface area contributed by atoms with Crippen LogP contribution in [0.2, 0.25) is 0 Å². The molecule has 3 heterocycles. The first-order valence-corrected chi connectivity index (χ1v) is 8.45. The van der Waals surface area contributed by atoms with Gasteiger partial charge in [0.25, 0.3) is 0 Å². The molecule has 0 spiro atoms. The van der Waals surface area contributed by atoms with Crippen LogP contribution in [-0.2, 0) is 10.2 Å². The number of pyridine rings is 2. The van der Waals surface area contributed by atoms with Crippen molar-refractivity contribution in [3.63, 3.8) is 0 Å². The predicted molar refractivity (Wildman–Crippen MR) is 94.2 cm³/mol. The molecule has 1 aliphatic carbocycles. The lowest BCUT2D eigenvalue weighted by molar-refractivity contribution is -0.122. The van der Waals surface area contributed by atoms with E-state index in [9.17, 15) is 4.79 Å². The van der Waals surface area contributed by atoms with Crippen LogP contribution < -0.4 is 10.2 Å². The maximum absolute atomic E-state index is 12.9. The highest BCUT2D eigenvalue weighted by Gasteiger charge is 2.50. The molecule has 1 fully saturated rings. The van der Waals surface area contributed by atoms with Crippen LogP contribution >= 0.6 is 0 Å². The minimum Gasteiger partial charge on any atom is -0.367 e. The Morgan fingerprint density at radius 2 is 2.00 bits per heavy atom. The summed E-state index contributed by atoms with van der Waals surface area (Å²) in [6.45, 7) is 6.03. The van der Waals surface area contributed by atoms with Gasteiger partial charge in [0.2, 0.25) is 5.91 Å². The molecule has 1 N–H and O–H groups in total. The number of nitrogens with one attached hydrogen (secondary N) is 1. The average molecular weight is 322 g/mol. The minimum atomic E-state index is -0.486. The molecule has 1 amide bonds. The monoisotopic (exact) mass is 322 g/mol. The summed E-state index contributed by atoms with van der Waals surface area (Å²) in [6.07, 6.45) is 5.44. The molecule has 2 aromatic rings. The van der Waals surface area contributed by atoms with Crippen molar-refractivity contribution in [1.29, 1.82) is 0 Å². The molecule has 4 rings (SSSR count). The fourth-order valence-electron chi connectivity index (χ4n) is 3.67. The number of fused-ring (bicyclic) bond motifs is 1. The highest BCUT2D eigenvalue weighted by atomic mass is 16.2. The van der Waals surface area contributed by atoms with Gasteiger partial charge < -0.3 is 5.32 Å². The van der Waals surface area contributed by atoms with Crippen LogP contribution in [0.3, 0.4) is 0 Å². The van der Waals surface area contributed by atoms with Crippen LogP contribution in [0.4, 0.5) is 11.6 Å². The van der Waals surface area contributed by atoms with Gasteiger partial charge in [0.1, 0.15) is 11.6 Å². The summed E-state index contributed by atoms with van der Waals surface area (Å²) in [5, 5.41) is 3.46. The second-order valence-electron chi connectivity index (χ2n) is 7.36. The van der Waals surface area contributed by atoms with Gasteiger partial charge in [-0.3, -0.25) is 9.69 Å². The third-order valence-electron chi connectivity index (χ3n) is 5.19. The van der Waals surface area contributed by atoms with Crippen LogP contribution in [0, 0.1) is 6.92 Å². The van der Waals surface area contributed by atoms with E-state index in [1.54, 1.807) is 6.20 Å². The maximum Gasteiger partial charge on any atom is 0.238 e. The van der Waals surface area contributed by atoms with E-state index in [-0.39, 0.29) is 11.9 Å². The van der Waals surface area contributed by atoms with Gasteiger partial charge in [-0.2, -0.15) is 0 Å². The highest BCUT2D eigenvalue weighted by molar-refractivity contribution is 6.07. The number of carbonyl (C=O) groups is 1. The molecule has 0 atom stereocenters. The maximum atomic E-state index is 12.9. The molecule has 1 saturated carbocycles. The lowest BCUT2D eigenvalue weighted by atomic mass is 9.84. The zero-order valence-corrected chi connectivity index (χ0v) is 14.3. The molecule has 0 unspecified atom stereocenters. The van der Waals surface area contributed by atoms with Gasteiger partial charge in [-0.15, -0.1) is 0 Å². The Morgan fingerprint density at radius 1 is 1.21 bits per heavy atom. The summed E-state index contributed by atoms with van der Waals surface area (Å²) in [4.78, 5) is 23.6. The van der Waals surface area contributed by atoms with Crippen molar-refractivity contribution in [3.05, 3.63) is 47.8 Å². The van der Waals surface area contributed by atoms with Crippen molar-refractivity contribution >= 4 is 17.5 Å². The number of hydrogen-bond donors (Lipinski definition) is 1. The van der Waals surface area contributed by atoms with Crippen LogP contribution in [0.15, 0.2) is 36.7 Å². The van der Waals surface area contributed by atoms with Gasteiger partial charge in [0.05, 0.1) is 5.41 Å². The smallest absolute Gasteiger partial charge is 0.238 e. The summed E-state index contributed by atoms with van der Waals surface area (Å²) in [7, 11) is 0. The number of rotatable bonds is 3. The largest absolute Gasteiger partial charge is 0.367 e. The third-order valence-corrected chi connectivity index (χ3v) is 5.19. The van der Waals surface area contributed by atoms with Crippen molar-refractivity contribution < 1.29 is 4.79 Å². The second kappa shape index (κ2) is 5.30. The first kappa shape index (κ1) is 15.1. The predicted octanol–water partition coefficient (Wildman–Crippen LogP) is 3.05. The van der Waals surface area contributed by atoms with Gasteiger partial charge in [0.15, 0.2) is 0 Å². The molecule has 0 aromatic carbocycles. The number of nitrogens with zero attached hydrogens (tertiary/aromatic N) is 3. The van der Waals surface area contributed by atoms with Crippen LogP contribution in [0.5, 0.6) is 0 Å². The zero-order chi connectivity index (χ0) is 16.9. The number of aryl methyl sites for hydroxylation is 1. The van der Waals surface area contributed by atoms with Gasteiger partial charge in [-0.25, -0.2) is 9.97 Å². The number of carbonyl (C=O) groups excluding carboxylic acids is 1. The first-order valence-electron chi connectivity index (χ1n) is 8.45. The number of anilines is 2. The topological polar surface area (TPSA) is 58.1 Å². The van der Waals surface area contributed by atoms with Gasteiger partial charge >= 0.3 is 0 Å². The standard InChI is InChI=1S/C19H22N4O/c1-12-6-8-20-16(9-12)22-13-10-14(11-13)23-17-15(5-4-7-21-17)19(2,3)18(23)24/h4-9,13-14H,10-11H2,1-3H3,(H,20,22). The molecule has 2 aromatic heterocycles. The number of amides is 1. The van der Waals surface area contributed by atoms with Crippen LogP contribution in [0.25, 0.3) is 0 Å². The molecule has 1 aliphatic heterocycles. The fourth-order valence-corrected chi connectivity index (χ4v) is 3.67.